The Morgan fingerprint density at radius 2 is 1.77 bits per heavy atom. The second-order valence-electron chi connectivity index (χ2n) is 5.41. The number of ether oxygens (including phenoxy) is 2. The van der Waals surface area contributed by atoms with Crippen LogP contribution in [0.25, 0.3) is 10.8 Å². The van der Waals surface area contributed by atoms with Crippen molar-refractivity contribution in [2.24, 2.45) is 5.10 Å². The Balaban J connectivity index is 1.61. The summed E-state index contributed by atoms with van der Waals surface area (Å²) in [5, 5.41) is 6.30. The first-order valence-electron chi connectivity index (χ1n) is 7.94. The van der Waals surface area contributed by atoms with Gasteiger partial charge in [0.15, 0.2) is 6.61 Å². The van der Waals surface area contributed by atoms with Crippen molar-refractivity contribution in [2.45, 2.75) is 0 Å². The third kappa shape index (κ3) is 4.13. The maximum atomic E-state index is 12.0. The van der Waals surface area contributed by atoms with Crippen LogP contribution in [0.3, 0.4) is 0 Å². The smallest absolute Gasteiger partial charge is 0.277 e. The molecule has 0 unspecified atom stereocenters. The minimum Gasteiger partial charge on any atom is -0.496 e. The molecule has 3 aromatic rings. The SMILES string of the molecule is COc1ccccc1/C=N/NC(=O)COc1ccc(Cl)c2ccccc12. The number of carbonyl (C=O) groups is 1. The van der Waals surface area contributed by atoms with Gasteiger partial charge in [0, 0.05) is 21.4 Å². The van der Waals surface area contributed by atoms with Gasteiger partial charge in [0.2, 0.25) is 0 Å². The van der Waals surface area contributed by atoms with Gasteiger partial charge in [-0.05, 0) is 24.3 Å². The predicted molar refractivity (Wildman–Crippen MR) is 103 cm³/mol. The number of halogens is 1. The second-order valence-corrected chi connectivity index (χ2v) is 5.82. The highest BCUT2D eigenvalue weighted by Gasteiger charge is 2.07. The Morgan fingerprint density at radius 3 is 2.58 bits per heavy atom. The minimum atomic E-state index is -0.366. The molecule has 0 aliphatic carbocycles. The topological polar surface area (TPSA) is 59.9 Å². The molecule has 0 aliphatic rings. The Hall–Kier alpha value is -3.05. The normalized spacial score (nSPS) is 10.8. The number of hydrogen-bond acceptors (Lipinski definition) is 4. The molecule has 1 amide bonds. The van der Waals surface area contributed by atoms with Crippen molar-refractivity contribution in [2.75, 3.05) is 13.7 Å². The summed E-state index contributed by atoms with van der Waals surface area (Å²) >= 11 is 6.18. The zero-order valence-corrected chi connectivity index (χ0v) is 14.9. The summed E-state index contributed by atoms with van der Waals surface area (Å²) in [5.74, 6) is 0.901. The van der Waals surface area contributed by atoms with Crippen molar-refractivity contribution < 1.29 is 14.3 Å². The summed E-state index contributed by atoms with van der Waals surface area (Å²) in [6.07, 6.45) is 1.52. The molecule has 3 aromatic carbocycles. The first kappa shape index (κ1) is 17.8. The van der Waals surface area contributed by atoms with Crippen LogP contribution in [0.15, 0.2) is 65.8 Å². The third-order valence-corrected chi connectivity index (χ3v) is 4.05. The molecule has 5 nitrogen and oxygen atoms in total. The summed E-state index contributed by atoms with van der Waals surface area (Å²) < 4.78 is 10.8. The molecule has 1 N–H and O–H groups in total. The van der Waals surface area contributed by atoms with Crippen LogP contribution < -0.4 is 14.9 Å². The van der Waals surface area contributed by atoms with Crippen molar-refractivity contribution in [3.8, 4) is 11.5 Å². The number of rotatable bonds is 6. The first-order valence-corrected chi connectivity index (χ1v) is 8.32. The van der Waals surface area contributed by atoms with Gasteiger partial charge in [-0.25, -0.2) is 5.43 Å². The molecular formula is C20H17ClN2O3. The van der Waals surface area contributed by atoms with Crippen LogP contribution in [-0.4, -0.2) is 25.8 Å². The zero-order valence-electron chi connectivity index (χ0n) is 14.1. The molecule has 0 saturated heterocycles. The van der Waals surface area contributed by atoms with Gasteiger partial charge in [0.25, 0.3) is 5.91 Å². The summed E-state index contributed by atoms with van der Waals surface area (Å²) in [6.45, 7) is -0.158. The number of carbonyl (C=O) groups excluding carboxylic acids is 1. The number of hydrazone groups is 1. The number of hydrogen-bond donors (Lipinski definition) is 1. The van der Waals surface area contributed by atoms with E-state index in [4.69, 9.17) is 21.1 Å². The molecule has 26 heavy (non-hydrogen) atoms. The molecule has 0 aromatic heterocycles. The molecule has 3 rings (SSSR count). The lowest BCUT2D eigenvalue weighted by atomic mass is 10.1. The van der Waals surface area contributed by atoms with Crippen molar-refractivity contribution in [3.63, 3.8) is 0 Å². The highest BCUT2D eigenvalue weighted by Crippen LogP contribution is 2.31. The van der Waals surface area contributed by atoms with Gasteiger partial charge in [-0.3, -0.25) is 4.79 Å². The van der Waals surface area contributed by atoms with Crippen LogP contribution in [0.2, 0.25) is 5.02 Å². The zero-order chi connectivity index (χ0) is 18.4. The Labute approximate surface area is 156 Å². The van der Waals surface area contributed by atoms with E-state index in [1.165, 1.54) is 6.21 Å². The number of methoxy groups -OCH3 is 1. The molecule has 0 heterocycles. The summed E-state index contributed by atoms with van der Waals surface area (Å²) in [5.41, 5.74) is 3.20. The summed E-state index contributed by atoms with van der Waals surface area (Å²) in [6, 6.07) is 18.5. The molecule has 132 valence electrons. The van der Waals surface area contributed by atoms with E-state index in [1.54, 1.807) is 19.2 Å². The maximum absolute atomic E-state index is 12.0. The van der Waals surface area contributed by atoms with E-state index in [1.807, 2.05) is 48.5 Å². The Morgan fingerprint density at radius 1 is 1.04 bits per heavy atom. The standard InChI is InChI=1S/C20H17ClN2O3/c1-25-18-9-5-2-6-14(18)12-22-23-20(24)13-26-19-11-10-17(21)15-7-3-4-8-16(15)19/h2-12H,13H2,1H3,(H,23,24)/b22-12+. The average Bonchev–Trinajstić information content (AvgIpc) is 2.68. The van der Waals surface area contributed by atoms with Gasteiger partial charge in [-0.2, -0.15) is 5.10 Å². The lowest BCUT2D eigenvalue weighted by Gasteiger charge is -2.09. The molecule has 0 atom stereocenters. The van der Waals surface area contributed by atoms with E-state index in [0.29, 0.717) is 16.5 Å². The Bertz CT molecular complexity index is 957. The van der Waals surface area contributed by atoms with E-state index in [9.17, 15) is 4.79 Å². The number of para-hydroxylation sites is 1. The van der Waals surface area contributed by atoms with E-state index >= 15 is 0 Å². The van der Waals surface area contributed by atoms with E-state index < -0.39 is 0 Å². The summed E-state index contributed by atoms with van der Waals surface area (Å²) in [7, 11) is 1.58. The average molecular weight is 369 g/mol. The van der Waals surface area contributed by atoms with Gasteiger partial charge in [0.1, 0.15) is 11.5 Å². The molecule has 0 spiro atoms. The van der Waals surface area contributed by atoms with Crippen LogP contribution in [0.5, 0.6) is 11.5 Å². The minimum absolute atomic E-state index is 0.158. The van der Waals surface area contributed by atoms with Gasteiger partial charge < -0.3 is 9.47 Å². The Kier molecular flexibility index (Phi) is 5.71. The van der Waals surface area contributed by atoms with Crippen molar-refractivity contribution >= 4 is 34.5 Å². The monoisotopic (exact) mass is 368 g/mol. The first-order chi connectivity index (χ1) is 12.7. The summed E-state index contributed by atoms with van der Waals surface area (Å²) in [4.78, 5) is 12.0. The largest absolute Gasteiger partial charge is 0.496 e. The van der Waals surface area contributed by atoms with Gasteiger partial charge >= 0.3 is 0 Å². The number of nitrogens with one attached hydrogen (secondary N) is 1. The van der Waals surface area contributed by atoms with Crippen LogP contribution in [-0.2, 0) is 4.79 Å². The fourth-order valence-corrected chi connectivity index (χ4v) is 2.71. The third-order valence-electron chi connectivity index (χ3n) is 3.72. The molecule has 0 saturated carbocycles. The van der Waals surface area contributed by atoms with E-state index in [0.717, 1.165) is 16.3 Å². The van der Waals surface area contributed by atoms with Gasteiger partial charge in [-0.15, -0.1) is 0 Å². The van der Waals surface area contributed by atoms with Gasteiger partial charge in [-0.1, -0.05) is 48.0 Å². The molecule has 0 bridgehead atoms. The number of nitrogens with zero attached hydrogens (tertiary/aromatic N) is 1. The molecule has 0 radical (unpaired) electrons. The van der Waals surface area contributed by atoms with Crippen molar-refractivity contribution in [1.82, 2.24) is 5.43 Å². The highest BCUT2D eigenvalue weighted by atomic mass is 35.5. The van der Waals surface area contributed by atoms with Crippen LogP contribution in [0.1, 0.15) is 5.56 Å². The molecular weight excluding hydrogens is 352 g/mol. The van der Waals surface area contributed by atoms with E-state index in [-0.39, 0.29) is 12.5 Å². The fourth-order valence-electron chi connectivity index (χ4n) is 2.48. The second kappa shape index (κ2) is 8.36. The molecule has 0 fully saturated rings. The van der Waals surface area contributed by atoms with E-state index in [2.05, 4.69) is 10.5 Å². The van der Waals surface area contributed by atoms with Crippen LogP contribution >= 0.6 is 11.6 Å². The lowest BCUT2D eigenvalue weighted by Crippen LogP contribution is -2.24. The number of amides is 1. The fraction of sp³-hybridized carbons (Fsp3) is 0.100. The predicted octanol–water partition coefficient (Wildman–Crippen LogP) is 4.03. The molecule has 6 heteroatoms. The van der Waals surface area contributed by atoms with Gasteiger partial charge in [0.05, 0.1) is 13.3 Å². The van der Waals surface area contributed by atoms with Crippen LogP contribution in [0.4, 0.5) is 0 Å². The quantitative estimate of drug-likeness (QED) is 0.528. The highest BCUT2D eigenvalue weighted by molar-refractivity contribution is 6.35. The molecule has 0 aliphatic heterocycles. The number of benzene rings is 3. The maximum Gasteiger partial charge on any atom is 0.277 e. The van der Waals surface area contributed by atoms with Crippen LogP contribution in [0, 0.1) is 0 Å². The van der Waals surface area contributed by atoms with Crippen molar-refractivity contribution in [1.29, 1.82) is 0 Å². The number of fused-ring (bicyclic) bond motifs is 1. The lowest BCUT2D eigenvalue weighted by molar-refractivity contribution is -0.123. The van der Waals surface area contributed by atoms with Crippen molar-refractivity contribution in [3.05, 3.63) is 71.2 Å².